The van der Waals surface area contributed by atoms with Crippen molar-refractivity contribution in [1.29, 1.82) is 0 Å². The van der Waals surface area contributed by atoms with Crippen LogP contribution < -0.4 is 14.8 Å². The molecule has 2 rings (SSSR count). The molecule has 0 saturated carbocycles. The van der Waals surface area contributed by atoms with E-state index in [1.807, 2.05) is 12.1 Å². The lowest BCUT2D eigenvalue weighted by Crippen LogP contribution is -2.15. The molecule has 0 heterocycles. The van der Waals surface area contributed by atoms with Crippen LogP contribution in [-0.2, 0) is 13.1 Å². The Balaban J connectivity index is 2.08. The van der Waals surface area contributed by atoms with Crippen LogP contribution in [0.3, 0.4) is 0 Å². The molecule has 0 aliphatic carbocycles. The van der Waals surface area contributed by atoms with Crippen LogP contribution >= 0.6 is 15.9 Å². The SMILES string of the molecule is COc1cc(CNCc2c(F)cccc2F)cc(Br)c1OC. The van der Waals surface area contributed by atoms with Crippen molar-refractivity contribution in [2.75, 3.05) is 14.2 Å². The molecule has 0 amide bonds. The number of ether oxygens (including phenoxy) is 2. The Morgan fingerprint density at radius 1 is 1.05 bits per heavy atom. The average molecular weight is 372 g/mol. The van der Waals surface area contributed by atoms with Gasteiger partial charge in [-0.1, -0.05) is 6.07 Å². The Morgan fingerprint density at radius 3 is 2.32 bits per heavy atom. The standard InChI is InChI=1S/C16H16BrF2NO2/c1-21-15-7-10(6-12(17)16(15)22-2)8-20-9-11-13(18)4-3-5-14(11)19/h3-7,20H,8-9H2,1-2H3. The molecule has 2 aromatic carbocycles. The second kappa shape index (κ2) is 7.56. The number of halogens is 3. The number of hydrogen-bond acceptors (Lipinski definition) is 3. The van der Waals surface area contributed by atoms with E-state index in [9.17, 15) is 8.78 Å². The molecular formula is C16H16BrF2NO2. The van der Waals surface area contributed by atoms with Crippen LogP contribution in [-0.4, -0.2) is 14.2 Å². The van der Waals surface area contributed by atoms with E-state index in [0.29, 0.717) is 18.0 Å². The Kier molecular flexibility index (Phi) is 5.74. The van der Waals surface area contributed by atoms with Gasteiger partial charge in [0.05, 0.1) is 18.7 Å². The van der Waals surface area contributed by atoms with Crippen molar-refractivity contribution in [2.24, 2.45) is 0 Å². The van der Waals surface area contributed by atoms with Crippen molar-refractivity contribution in [2.45, 2.75) is 13.1 Å². The molecule has 0 aliphatic heterocycles. The van der Waals surface area contributed by atoms with Gasteiger partial charge in [0.1, 0.15) is 11.6 Å². The zero-order chi connectivity index (χ0) is 16.1. The van der Waals surface area contributed by atoms with Crippen LogP contribution in [0.2, 0.25) is 0 Å². The highest BCUT2D eigenvalue weighted by atomic mass is 79.9. The van der Waals surface area contributed by atoms with E-state index in [1.54, 1.807) is 14.2 Å². The van der Waals surface area contributed by atoms with Gasteiger partial charge in [0.15, 0.2) is 11.5 Å². The molecule has 0 aromatic heterocycles. The topological polar surface area (TPSA) is 30.5 Å². The van der Waals surface area contributed by atoms with E-state index in [0.717, 1.165) is 10.0 Å². The molecule has 3 nitrogen and oxygen atoms in total. The summed E-state index contributed by atoms with van der Waals surface area (Å²) in [7, 11) is 3.11. The third-order valence-corrected chi connectivity index (χ3v) is 3.77. The van der Waals surface area contributed by atoms with E-state index in [2.05, 4.69) is 21.2 Å². The molecule has 22 heavy (non-hydrogen) atoms. The molecule has 2 aromatic rings. The van der Waals surface area contributed by atoms with Crippen LogP contribution in [0.25, 0.3) is 0 Å². The molecular weight excluding hydrogens is 356 g/mol. The maximum absolute atomic E-state index is 13.5. The Bertz CT molecular complexity index is 645. The van der Waals surface area contributed by atoms with E-state index in [4.69, 9.17) is 9.47 Å². The summed E-state index contributed by atoms with van der Waals surface area (Å²) in [5, 5.41) is 3.02. The van der Waals surface area contributed by atoms with Gasteiger partial charge in [-0.2, -0.15) is 0 Å². The predicted octanol–water partition coefficient (Wildman–Crippen LogP) is 4.03. The highest BCUT2D eigenvalue weighted by Crippen LogP contribution is 2.36. The van der Waals surface area contributed by atoms with Gasteiger partial charge in [-0.3, -0.25) is 0 Å². The summed E-state index contributed by atoms with van der Waals surface area (Å²) < 4.78 is 38.3. The fourth-order valence-electron chi connectivity index (χ4n) is 2.11. The monoisotopic (exact) mass is 371 g/mol. The van der Waals surface area contributed by atoms with Gasteiger partial charge in [-0.15, -0.1) is 0 Å². The van der Waals surface area contributed by atoms with Crippen molar-refractivity contribution >= 4 is 15.9 Å². The lowest BCUT2D eigenvalue weighted by atomic mass is 10.1. The normalized spacial score (nSPS) is 10.6. The lowest BCUT2D eigenvalue weighted by Gasteiger charge is -2.13. The van der Waals surface area contributed by atoms with Crippen LogP contribution in [0.15, 0.2) is 34.8 Å². The number of nitrogens with one attached hydrogen (secondary N) is 1. The fourth-order valence-corrected chi connectivity index (χ4v) is 2.76. The van der Waals surface area contributed by atoms with Gasteiger partial charge >= 0.3 is 0 Å². The second-order valence-electron chi connectivity index (χ2n) is 4.62. The second-order valence-corrected chi connectivity index (χ2v) is 5.47. The first-order valence-corrected chi connectivity index (χ1v) is 7.40. The van der Waals surface area contributed by atoms with E-state index >= 15 is 0 Å². The molecule has 0 saturated heterocycles. The molecule has 0 aliphatic rings. The summed E-state index contributed by atoms with van der Waals surface area (Å²) in [6, 6.07) is 7.51. The van der Waals surface area contributed by atoms with Gasteiger partial charge in [0.2, 0.25) is 0 Å². The summed E-state index contributed by atoms with van der Waals surface area (Å²) >= 11 is 3.41. The number of benzene rings is 2. The highest BCUT2D eigenvalue weighted by Gasteiger charge is 2.11. The molecule has 0 bridgehead atoms. The molecule has 0 unspecified atom stereocenters. The molecule has 0 radical (unpaired) electrons. The zero-order valence-electron chi connectivity index (χ0n) is 12.3. The molecule has 6 heteroatoms. The van der Waals surface area contributed by atoms with Gasteiger partial charge in [-0.05, 0) is 45.8 Å². The Morgan fingerprint density at radius 2 is 1.73 bits per heavy atom. The largest absolute Gasteiger partial charge is 0.493 e. The van der Waals surface area contributed by atoms with Crippen LogP contribution in [0.1, 0.15) is 11.1 Å². The Hall–Kier alpha value is -1.66. The molecule has 0 fully saturated rings. The third-order valence-electron chi connectivity index (χ3n) is 3.19. The summed E-state index contributed by atoms with van der Waals surface area (Å²) in [4.78, 5) is 0. The minimum absolute atomic E-state index is 0.0297. The minimum Gasteiger partial charge on any atom is -0.493 e. The smallest absolute Gasteiger partial charge is 0.174 e. The van der Waals surface area contributed by atoms with Gasteiger partial charge in [0.25, 0.3) is 0 Å². The number of methoxy groups -OCH3 is 2. The van der Waals surface area contributed by atoms with Crippen molar-refractivity contribution in [3.05, 3.63) is 57.6 Å². The quantitative estimate of drug-likeness (QED) is 0.831. The first-order chi connectivity index (χ1) is 10.6. The number of rotatable bonds is 6. The molecule has 0 spiro atoms. The first kappa shape index (κ1) is 16.7. The molecule has 1 N–H and O–H groups in total. The van der Waals surface area contributed by atoms with E-state index < -0.39 is 11.6 Å². The van der Waals surface area contributed by atoms with Crippen LogP contribution in [0, 0.1) is 11.6 Å². The summed E-state index contributed by atoms with van der Waals surface area (Å²) in [5.41, 5.74) is 0.934. The van der Waals surface area contributed by atoms with E-state index in [-0.39, 0.29) is 12.1 Å². The van der Waals surface area contributed by atoms with Gasteiger partial charge < -0.3 is 14.8 Å². The summed E-state index contributed by atoms with van der Waals surface area (Å²) in [6.07, 6.45) is 0. The Labute approximate surface area is 136 Å². The van der Waals surface area contributed by atoms with Gasteiger partial charge in [0, 0.05) is 18.7 Å². The van der Waals surface area contributed by atoms with Gasteiger partial charge in [-0.25, -0.2) is 8.78 Å². The van der Waals surface area contributed by atoms with Crippen LogP contribution in [0.4, 0.5) is 8.78 Å². The zero-order valence-corrected chi connectivity index (χ0v) is 13.8. The molecule has 0 atom stereocenters. The summed E-state index contributed by atoms with van der Waals surface area (Å²) in [5.74, 6) is 0.0825. The third kappa shape index (κ3) is 3.75. The summed E-state index contributed by atoms with van der Waals surface area (Å²) in [6.45, 7) is 0.539. The van der Waals surface area contributed by atoms with Crippen molar-refractivity contribution in [3.8, 4) is 11.5 Å². The maximum Gasteiger partial charge on any atom is 0.174 e. The highest BCUT2D eigenvalue weighted by molar-refractivity contribution is 9.10. The maximum atomic E-state index is 13.5. The minimum atomic E-state index is -0.555. The average Bonchev–Trinajstić information content (AvgIpc) is 2.49. The van der Waals surface area contributed by atoms with Crippen molar-refractivity contribution in [3.63, 3.8) is 0 Å². The number of hydrogen-bond donors (Lipinski definition) is 1. The van der Waals surface area contributed by atoms with Crippen LogP contribution in [0.5, 0.6) is 11.5 Å². The van der Waals surface area contributed by atoms with E-state index in [1.165, 1.54) is 18.2 Å². The predicted molar refractivity (Wildman–Crippen MR) is 84.1 cm³/mol. The molecule has 118 valence electrons. The lowest BCUT2D eigenvalue weighted by molar-refractivity contribution is 0.352. The fraction of sp³-hybridized carbons (Fsp3) is 0.250. The first-order valence-electron chi connectivity index (χ1n) is 6.60. The van der Waals surface area contributed by atoms with Crippen molar-refractivity contribution < 1.29 is 18.3 Å². The van der Waals surface area contributed by atoms with Crippen molar-refractivity contribution in [1.82, 2.24) is 5.32 Å².